The predicted octanol–water partition coefficient (Wildman–Crippen LogP) is -1.09. The lowest BCUT2D eigenvalue weighted by Gasteiger charge is -2.15. The average molecular weight is 286 g/mol. The fourth-order valence-corrected chi connectivity index (χ4v) is 3.55. The molecule has 0 saturated carbocycles. The summed E-state index contributed by atoms with van der Waals surface area (Å²) in [5.74, 6) is 0. The number of nitrogens with zero attached hydrogens (tertiary/aromatic N) is 1. The van der Waals surface area contributed by atoms with Crippen molar-refractivity contribution in [2.75, 3.05) is 19.6 Å². The lowest BCUT2D eigenvalue weighted by molar-refractivity contribution is 0.0572. The van der Waals surface area contributed by atoms with Crippen LogP contribution < -0.4 is 5.73 Å². The van der Waals surface area contributed by atoms with Gasteiger partial charge in [-0.15, -0.1) is 0 Å². The second-order valence-corrected chi connectivity index (χ2v) is 6.58. The largest absolute Gasteiger partial charge is 0.389 e. The van der Waals surface area contributed by atoms with E-state index in [0.717, 1.165) is 9.87 Å². The summed E-state index contributed by atoms with van der Waals surface area (Å²) in [6, 6.07) is 6.50. The molecule has 0 bridgehead atoms. The van der Waals surface area contributed by atoms with Gasteiger partial charge in [-0.3, -0.25) is 0 Å². The standard InChI is InChI=1S/C12H18N2O4S/c13-6-5-9-1-3-10(4-2-9)19(17,18)14-7-11(15)12(16)8-14/h1-4,11-12,15-16H,5-8,13H2. The van der Waals surface area contributed by atoms with Crippen LogP contribution in [0.4, 0.5) is 0 Å². The average Bonchev–Trinajstić information content (AvgIpc) is 2.71. The fraction of sp³-hybridized carbons (Fsp3) is 0.500. The van der Waals surface area contributed by atoms with E-state index in [1.807, 2.05) is 0 Å². The Hall–Kier alpha value is -0.990. The van der Waals surface area contributed by atoms with Gasteiger partial charge in [0.25, 0.3) is 0 Å². The molecule has 1 aliphatic rings. The van der Waals surface area contributed by atoms with E-state index in [4.69, 9.17) is 5.73 Å². The number of aliphatic hydroxyl groups excluding tert-OH is 2. The van der Waals surface area contributed by atoms with Crippen molar-refractivity contribution in [3.8, 4) is 0 Å². The minimum atomic E-state index is -3.65. The summed E-state index contributed by atoms with van der Waals surface area (Å²) in [5, 5.41) is 18.8. The van der Waals surface area contributed by atoms with Gasteiger partial charge in [-0.05, 0) is 30.7 Å². The van der Waals surface area contributed by atoms with Gasteiger partial charge in [0.2, 0.25) is 10.0 Å². The van der Waals surface area contributed by atoms with Crippen molar-refractivity contribution in [3.63, 3.8) is 0 Å². The summed E-state index contributed by atoms with van der Waals surface area (Å²) in [6.45, 7) is 0.360. The topological polar surface area (TPSA) is 104 Å². The molecule has 1 aliphatic heterocycles. The van der Waals surface area contributed by atoms with E-state index in [1.54, 1.807) is 12.1 Å². The van der Waals surface area contributed by atoms with E-state index in [0.29, 0.717) is 13.0 Å². The van der Waals surface area contributed by atoms with Crippen LogP contribution in [-0.2, 0) is 16.4 Å². The predicted molar refractivity (Wildman–Crippen MR) is 70.0 cm³/mol. The first-order valence-electron chi connectivity index (χ1n) is 6.10. The van der Waals surface area contributed by atoms with Crippen LogP contribution in [0.3, 0.4) is 0 Å². The zero-order valence-corrected chi connectivity index (χ0v) is 11.3. The monoisotopic (exact) mass is 286 g/mol. The number of nitrogens with two attached hydrogens (primary N) is 1. The minimum Gasteiger partial charge on any atom is -0.389 e. The van der Waals surface area contributed by atoms with Crippen LogP contribution in [0, 0.1) is 0 Å². The highest BCUT2D eigenvalue weighted by atomic mass is 32.2. The summed E-state index contributed by atoms with van der Waals surface area (Å²) in [5.41, 5.74) is 6.41. The van der Waals surface area contributed by atoms with E-state index >= 15 is 0 Å². The maximum absolute atomic E-state index is 12.3. The van der Waals surface area contributed by atoms with Gasteiger partial charge in [0.1, 0.15) is 0 Å². The Kier molecular flexibility index (Phi) is 4.22. The van der Waals surface area contributed by atoms with Gasteiger partial charge >= 0.3 is 0 Å². The van der Waals surface area contributed by atoms with Crippen LogP contribution in [0.2, 0.25) is 0 Å². The fourth-order valence-electron chi connectivity index (χ4n) is 2.08. The molecule has 0 aromatic heterocycles. The number of hydrogen-bond donors (Lipinski definition) is 3. The van der Waals surface area contributed by atoms with E-state index in [1.165, 1.54) is 12.1 Å². The molecule has 1 aromatic carbocycles. The third-order valence-electron chi connectivity index (χ3n) is 3.22. The molecule has 2 rings (SSSR count). The summed E-state index contributed by atoms with van der Waals surface area (Å²) in [7, 11) is -3.65. The van der Waals surface area contributed by atoms with E-state index in [-0.39, 0.29) is 18.0 Å². The molecule has 4 N–H and O–H groups in total. The molecule has 1 saturated heterocycles. The second kappa shape index (κ2) is 5.56. The molecule has 0 aliphatic carbocycles. The van der Waals surface area contributed by atoms with Crippen molar-refractivity contribution in [2.24, 2.45) is 5.73 Å². The van der Waals surface area contributed by atoms with Crippen LogP contribution in [0.5, 0.6) is 0 Å². The SMILES string of the molecule is NCCc1ccc(S(=O)(=O)N2CC(O)C(O)C2)cc1. The molecule has 2 unspecified atom stereocenters. The number of aliphatic hydroxyl groups is 2. The lowest BCUT2D eigenvalue weighted by atomic mass is 10.2. The summed E-state index contributed by atoms with van der Waals surface area (Å²) in [4.78, 5) is 0.162. The first kappa shape index (κ1) is 14.4. The van der Waals surface area contributed by atoms with E-state index in [2.05, 4.69) is 0 Å². The quantitative estimate of drug-likeness (QED) is 0.653. The molecule has 19 heavy (non-hydrogen) atoms. The molecule has 0 radical (unpaired) electrons. The molecular formula is C12H18N2O4S. The number of rotatable bonds is 4. The van der Waals surface area contributed by atoms with Crippen LogP contribution in [0.1, 0.15) is 5.56 Å². The Morgan fingerprint density at radius 2 is 1.68 bits per heavy atom. The van der Waals surface area contributed by atoms with Crippen molar-refractivity contribution in [1.29, 1.82) is 0 Å². The van der Waals surface area contributed by atoms with Crippen LogP contribution in [0.15, 0.2) is 29.2 Å². The summed E-state index contributed by atoms with van der Waals surface area (Å²) in [6.07, 6.45) is -1.35. The third kappa shape index (κ3) is 2.96. The number of hydrogen-bond acceptors (Lipinski definition) is 5. The Morgan fingerprint density at radius 1 is 1.16 bits per heavy atom. The van der Waals surface area contributed by atoms with Crippen LogP contribution >= 0.6 is 0 Å². The molecule has 1 aromatic rings. The van der Waals surface area contributed by atoms with Gasteiger partial charge < -0.3 is 15.9 Å². The highest BCUT2D eigenvalue weighted by Gasteiger charge is 2.37. The first-order chi connectivity index (χ1) is 8.95. The molecular weight excluding hydrogens is 268 g/mol. The number of β-amino-alcohol motifs (C(OH)–C–C–N with tert-alkyl or cyclic N) is 2. The van der Waals surface area contributed by atoms with Gasteiger partial charge in [-0.2, -0.15) is 4.31 Å². The third-order valence-corrected chi connectivity index (χ3v) is 5.07. The lowest BCUT2D eigenvalue weighted by Crippen LogP contribution is -2.30. The first-order valence-corrected chi connectivity index (χ1v) is 7.54. The highest BCUT2D eigenvalue weighted by molar-refractivity contribution is 7.89. The smallest absolute Gasteiger partial charge is 0.243 e. The van der Waals surface area contributed by atoms with Crippen molar-refractivity contribution < 1.29 is 18.6 Å². The van der Waals surface area contributed by atoms with Gasteiger partial charge in [-0.25, -0.2) is 8.42 Å². The van der Waals surface area contributed by atoms with Gasteiger partial charge in [0.15, 0.2) is 0 Å². The number of sulfonamides is 1. The summed E-state index contributed by atoms with van der Waals surface area (Å²) < 4.78 is 25.6. The molecule has 6 nitrogen and oxygen atoms in total. The molecule has 1 heterocycles. The Morgan fingerprint density at radius 3 is 2.16 bits per heavy atom. The van der Waals surface area contributed by atoms with E-state index < -0.39 is 22.2 Å². The molecule has 0 spiro atoms. The van der Waals surface area contributed by atoms with Crippen molar-refractivity contribution in [1.82, 2.24) is 4.31 Å². The Labute approximate surface area is 112 Å². The van der Waals surface area contributed by atoms with Crippen molar-refractivity contribution >= 4 is 10.0 Å². The maximum atomic E-state index is 12.3. The van der Waals surface area contributed by atoms with Crippen LogP contribution in [0.25, 0.3) is 0 Å². The van der Waals surface area contributed by atoms with Gasteiger partial charge in [0.05, 0.1) is 17.1 Å². The zero-order valence-electron chi connectivity index (χ0n) is 10.4. The Balaban J connectivity index is 2.20. The van der Waals surface area contributed by atoms with Gasteiger partial charge in [-0.1, -0.05) is 12.1 Å². The highest BCUT2D eigenvalue weighted by Crippen LogP contribution is 2.21. The minimum absolute atomic E-state index is 0.0753. The molecule has 2 atom stereocenters. The molecule has 1 fully saturated rings. The van der Waals surface area contributed by atoms with Crippen molar-refractivity contribution in [2.45, 2.75) is 23.5 Å². The molecule has 0 amide bonds. The van der Waals surface area contributed by atoms with E-state index in [9.17, 15) is 18.6 Å². The maximum Gasteiger partial charge on any atom is 0.243 e. The van der Waals surface area contributed by atoms with Crippen molar-refractivity contribution in [3.05, 3.63) is 29.8 Å². The number of benzene rings is 1. The van der Waals surface area contributed by atoms with Crippen LogP contribution in [-0.4, -0.2) is 54.8 Å². The molecule has 106 valence electrons. The summed E-state index contributed by atoms with van der Waals surface area (Å²) >= 11 is 0. The molecule has 7 heteroatoms. The zero-order chi connectivity index (χ0) is 14.0. The van der Waals surface area contributed by atoms with Gasteiger partial charge in [0, 0.05) is 13.1 Å². The normalized spacial score (nSPS) is 24.8. The second-order valence-electron chi connectivity index (χ2n) is 4.64. The Bertz CT molecular complexity index is 519.